The van der Waals surface area contributed by atoms with Gasteiger partial charge in [0.05, 0.1) is 11.6 Å². The quantitative estimate of drug-likeness (QED) is 0.888. The minimum atomic E-state index is -1.11. The summed E-state index contributed by atoms with van der Waals surface area (Å²) in [5.41, 5.74) is 0.473. The number of amides is 1. The van der Waals surface area contributed by atoms with E-state index in [1.165, 1.54) is 14.0 Å². The fraction of sp³-hybridized carbons (Fsp3) is 0.273. The molecular formula is C11H12BrNO4. The van der Waals surface area contributed by atoms with Crippen molar-refractivity contribution in [1.82, 2.24) is 5.32 Å². The highest BCUT2D eigenvalue weighted by molar-refractivity contribution is 9.10. The lowest BCUT2D eigenvalue weighted by Gasteiger charge is -2.14. The Morgan fingerprint density at radius 2 is 2.12 bits per heavy atom. The van der Waals surface area contributed by atoms with Crippen LogP contribution in [0.1, 0.15) is 18.5 Å². The molecule has 0 radical (unpaired) electrons. The van der Waals surface area contributed by atoms with Crippen LogP contribution in [0.3, 0.4) is 0 Å². The summed E-state index contributed by atoms with van der Waals surface area (Å²) in [6.45, 7) is 1.27. The van der Waals surface area contributed by atoms with Crippen LogP contribution >= 0.6 is 15.9 Å². The fourth-order valence-electron chi connectivity index (χ4n) is 1.35. The van der Waals surface area contributed by atoms with E-state index in [1.54, 1.807) is 18.2 Å². The van der Waals surface area contributed by atoms with Crippen LogP contribution in [0.25, 0.3) is 0 Å². The number of hydrogen-bond acceptors (Lipinski definition) is 3. The van der Waals surface area contributed by atoms with E-state index in [1.807, 2.05) is 0 Å². The number of ether oxygens (including phenoxy) is 1. The highest BCUT2D eigenvalue weighted by Gasteiger charge is 2.21. The Hall–Kier alpha value is -1.56. The summed E-state index contributed by atoms with van der Waals surface area (Å²) in [7, 11) is 1.52. The van der Waals surface area contributed by atoms with Gasteiger partial charge in [-0.15, -0.1) is 0 Å². The predicted molar refractivity (Wildman–Crippen MR) is 64.9 cm³/mol. The number of nitrogens with one attached hydrogen (secondary N) is 1. The van der Waals surface area contributed by atoms with E-state index in [0.29, 0.717) is 15.8 Å². The van der Waals surface area contributed by atoms with E-state index in [9.17, 15) is 9.59 Å². The Bertz CT molecular complexity index is 447. The van der Waals surface area contributed by atoms with E-state index >= 15 is 0 Å². The Kier molecular flexibility index (Phi) is 4.51. The molecular weight excluding hydrogens is 290 g/mol. The van der Waals surface area contributed by atoms with Gasteiger partial charge in [-0.3, -0.25) is 4.79 Å². The largest absolute Gasteiger partial charge is 0.496 e. The first-order valence-corrected chi connectivity index (χ1v) is 5.58. The van der Waals surface area contributed by atoms with Gasteiger partial charge in [0, 0.05) is 6.92 Å². The Balaban J connectivity index is 3.06. The van der Waals surface area contributed by atoms with Crippen molar-refractivity contribution in [1.29, 1.82) is 0 Å². The van der Waals surface area contributed by atoms with Crippen LogP contribution in [0, 0.1) is 0 Å². The number of halogens is 1. The molecule has 17 heavy (non-hydrogen) atoms. The van der Waals surface area contributed by atoms with Crippen molar-refractivity contribution in [3.8, 4) is 5.75 Å². The molecule has 0 aliphatic heterocycles. The average Bonchev–Trinajstić information content (AvgIpc) is 2.25. The third kappa shape index (κ3) is 3.45. The van der Waals surface area contributed by atoms with Crippen molar-refractivity contribution in [3.63, 3.8) is 0 Å². The number of carbonyl (C=O) groups excluding carboxylic acids is 1. The summed E-state index contributed by atoms with van der Waals surface area (Å²) in [4.78, 5) is 22.0. The van der Waals surface area contributed by atoms with Gasteiger partial charge in [0.25, 0.3) is 0 Å². The van der Waals surface area contributed by atoms with Gasteiger partial charge in [0.15, 0.2) is 6.04 Å². The number of rotatable bonds is 4. The number of carboxylic acids is 1. The first kappa shape index (κ1) is 13.5. The van der Waals surface area contributed by atoms with Gasteiger partial charge in [-0.05, 0) is 33.6 Å². The topological polar surface area (TPSA) is 75.6 Å². The van der Waals surface area contributed by atoms with Crippen LogP contribution < -0.4 is 10.1 Å². The van der Waals surface area contributed by atoms with Gasteiger partial charge in [0.1, 0.15) is 5.75 Å². The first-order valence-electron chi connectivity index (χ1n) is 4.79. The van der Waals surface area contributed by atoms with Crippen molar-refractivity contribution < 1.29 is 19.4 Å². The highest BCUT2D eigenvalue weighted by Crippen LogP contribution is 2.28. The van der Waals surface area contributed by atoms with Crippen LogP contribution in [0.4, 0.5) is 0 Å². The molecule has 0 aliphatic carbocycles. The van der Waals surface area contributed by atoms with Crippen LogP contribution in [0.2, 0.25) is 0 Å². The molecule has 0 saturated heterocycles. The fourth-order valence-corrected chi connectivity index (χ4v) is 1.91. The van der Waals surface area contributed by atoms with E-state index in [2.05, 4.69) is 21.2 Å². The molecule has 0 aliphatic rings. The van der Waals surface area contributed by atoms with Crippen LogP contribution in [-0.2, 0) is 9.59 Å². The molecule has 0 saturated carbocycles. The number of benzene rings is 1. The predicted octanol–water partition coefficient (Wildman–Crippen LogP) is 1.72. The molecule has 1 atom stereocenters. The van der Waals surface area contributed by atoms with Gasteiger partial charge in [0.2, 0.25) is 5.91 Å². The molecule has 6 heteroatoms. The molecule has 1 amide bonds. The van der Waals surface area contributed by atoms with E-state index in [0.717, 1.165) is 0 Å². The normalized spacial score (nSPS) is 11.7. The summed E-state index contributed by atoms with van der Waals surface area (Å²) in [6.07, 6.45) is 0. The Morgan fingerprint density at radius 3 is 2.53 bits per heavy atom. The summed E-state index contributed by atoms with van der Waals surface area (Å²) >= 11 is 3.26. The Labute approximate surface area is 107 Å². The third-order valence-corrected chi connectivity index (χ3v) is 2.72. The SMILES string of the molecule is COc1ccc(C(NC(C)=O)C(=O)O)cc1Br. The zero-order chi connectivity index (χ0) is 13.0. The summed E-state index contributed by atoms with van der Waals surface area (Å²) in [5, 5.41) is 11.4. The number of carboxylic acid groups (broad SMARTS) is 1. The zero-order valence-corrected chi connectivity index (χ0v) is 10.9. The van der Waals surface area contributed by atoms with Crippen LogP contribution in [-0.4, -0.2) is 24.1 Å². The monoisotopic (exact) mass is 301 g/mol. The first-order chi connectivity index (χ1) is 7.95. The summed E-state index contributed by atoms with van der Waals surface area (Å²) in [5.74, 6) is -0.915. The molecule has 0 aromatic heterocycles. The number of hydrogen-bond donors (Lipinski definition) is 2. The van der Waals surface area contributed by atoms with Crippen molar-refractivity contribution in [2.45, 2.75) is 13.0 Å². The smallest absolute Gasteiger partial charge is 0.330 e. The minimum absolute atomic E-state index is 0.399. The highest BCUT2D eigenvalue weighted by atomic mass is 79.9. The summed E-state index contributed by atoms with van der Waals surface area (Å²) < 4.78 is 5.67. The molecule has 92 valence electrons. The van der Waals surface area contributed by atoms with Gasteiger partial charge in [-0.25, -0.2) is 4.79 Å². The third-order valence-electron chi connectivity index (χ3n) is 2.10. The number of methoxy groups -OCH3 is 1. The lowest BCUT2D eigenvalue weighted by atomic mass is 10.1. The van der Waals surface area contributed by atoms with Crippen molar-refractivity contribution in [2.24, 2.45) is 0 Å². The molecule has 0 heterocycles. The lowest BCUT2D eigenvalue weighted by molar-refractivity contribution is -0.141. The minimum Gasteiger partial charge on any atom is -0.496 e. The maximum Gasteiger partial charge on any atom is 0.330 e. The molecule has 0 bridgehead atoms. The molecule has 1 unspecified atom stereocenters. The molecule has 2 N–H and O–H groups in total. The van der Waals surface area contributed by atoms with Crippen LogP contribution in [0.15, 0.2) is 22.7 Å². The second-order valence-corrected chi connectivity index (χ2v) is 4.22. The number of carbonyl (C=O) groups is 2. The van der Waals surface area contributed by atoms with E-state index in [-0.39, 0.29) is 0 Å². The maximum atomic E-state index is 11.0. The van der Waals surface area contributed by atoms with Gasteiger partial charge in [-0.1, -0.05) is 6.07 Å². The number of aliphatic carboxylic acids is 1. The van der Waals surface area contributed by atoms with E-state index in [4.69, 9.17) is 9.84 Å². The second-order valence-electron chi connectivity index (χ2n) is 3.37. The Morgan fingerprint density at radius 1 is 1.47 bits per heavy atom. The molecule has 0 spiro atoms. The van der Waals surface area contributed by atoms with Gasteiger partial charge in [-0.2, -0.15) is 0 Å². The van der Waals surface area contributed by atoms with Crippen molar-refractivity contribution in [3.05, 3.63) is 28.2 Å². The van der Waals surface area contributed by atoms with Crippen molar-refractivity contribution >= 4 is 27.8 Å². The molecule has 0 fully saturated rings. The van der Waals surface area contributed by atoms with Crippen molar-refractivity contribution in [2.75, 3.05) is 7.11 Å². The average molecular weight is 302 g/mol. The second kappa shape index (κ2) is 5.67. The molecule has 1 aromatic rings. The maximum absolute atomic E-state index is 11.0. The summed E-state index contributed by atoms with van der Waals surface area (Å²) in [6, 6.07) is 3.78. The standard InChI is InChI=1S/C11H12BrNO4/c1-6(14)13-10(11(15)16)7-3-4-9(17-2)8(12)5-7/h3-5,10H,1-2H3,(H,13,14)(H,15,16). The van der Waals surface area contributed by atoms with Gasteiger partial charge >= 0.3 is 5.97 Å². The molecule has 1 rings (SSSR count). The van der Waals surface area contributed by atoms with Gasteiger partial charge < -0.3 is 15.2 Å². The van der Waals surface area contributed by atoms with E-state index < -0.39 is 17.9 Å². The lowest BCUT2D eigenvalue weighted by Crippen LogP contribution is -2.31. The zero-order valence-electron chi connectivity index (χ0n) is 9.36. The molecule has 5 nitrogen and oxygen atoms in total. The van der Waals surface area contributed by atoms with Crippen LogP contribution in [0.5, 0.6) is 5.75 Å². The molecule has 1 aromatic carbocycles.